The molecule has 0 saturated heterocycles. The number of aliphatic hydroxyl groups is 1. The van der Waals surface area contributed by atoms with Crippen molar-refractivity contribution in [2.75, 3.05) is 0 Å². The van der Waals surface area contributed by atoms with Crippen LogP contribution >= 0.6 is 0 Å². The van der Waals surface area contributed by atoms with Gasteiger partial charge < -0.3 is 5.11 Å². The molecule has 84 valence electrons. The van der Waals surface area contributed by atoms with Gasteiger partial charge in [0.15, 0.2) is 0 Å². The van der Waals surface area contributed by atoms with Crippen LogP contribution in [0.3, 0.4) is 0 Å². The second-order valence-corrected chi connectivity index (χ2v) is 5.11. The molecule has 0 heterocycles. The van der Waals surface area contributed by atoms with Crippen molar-refractivity contribution in [3.8, 4) is 0 Å². The molecule has 1 N–H and O–H groups in total. The van der Waals surface area contributed by atoms with Gasteiger partial charge in [0, 0.05) is 0 Å². The molecular weight excluding hydrogens is 208 g/mol. The first-order valence-electron chi connectivity index (χ1n) is 6.22. The minimum Gasteiger partial charge on any atom is -0.384 e. The molecule has 1 fully saturated rings. The molecule has 0 bridgehead atoms. The van der Waals surface area contributed by atoms with Gasteiger partial charge in [-0.25, -0.2) is 0 Å². The van der Waals surface area contributed by atoms with E-state index in [9.17, 15) is 5.11 Å². The van der Waals surface area contributed by atoms with E-state index in [0.717, 1.165) is 11.1 Å². The van der Waals surface area contributed by atoms with Crippen LogP contribution < -0.4 is 0 Å². The molecule has 2 aromatic rings. The summed E-state index contributed by atoms with van der Waals surface area (Å²) in [5, 5.41) is 10.5. The van der Waals surface area contributed by atoms with Crippen LogP contribution in [0.2, 0.25) is 0 Å². The monoisotopic (exact) mass is 222 g/mol. The zero-order valence-electron chi connectivity index (χ0n) is 9.51. The lowest BCUT2D eigenvalue weighted by atomic mass is 9.95. The van der Waals surface area contributed by atoms with Crippen LogP contribution in [0.1, 0.15) is 46.6 Å². The van der Waals surface area contributed by atoms with Gasteiger partial charge in [-0.05, 0) is 40.5 Å². The van der Waals surface area contributed by atoms with Crippen molar-refractivity contribution in [1.82, 2.24) is 0 Å². The fraction of sp³-hybridized carbons (Fsp3) is 0.250. The van der Waals surface area contributed by atoms with Crippen LogP contribution in [-0.4, -0.2) is 5.11 Å². The third-order valence-electron chi connectivity index (χ3n) is 4.17. The molecule has 1 nitrogen and oxygen atoms in total. The van der Waals surface area contributed by atoms with E-state index in [2.05, 4.69) is 36.4 Å². The number of rotatable bonds is 0. The minimum atomic E-state index is -0.449. The van der Waals surface area contributed by atoms with Gasteiger partial charge in [0.25, 0.3) is 0 Å². The lowest BCUT2D eigenvalue weighted by Crippen LogP contribution is -2.03. The Morgan fingerprint density at radius 3 is 1.59 bits per heavy atom. The van der Waals surface area contributed by atoms with Gasteiger partial charge in [-0.1, -0.05) is 48.5 Å². The first-order valence-corrected chi connectivity index (χ1v) is 6.22. The van der Waals surface area contributed by atoms with Gasteiger partial charge in [-0.15, -0.1) is 0 Å². The maximum Gasteiger partial charge on any atom is 0.105 e. The van der Waals surface area contributed by atoms with Crippen molar-refractivity contribution >= 4 is 0 Å². The molecule has 2 atom stereocenters. The number of fused-ring (bicyclic) bond motifs is 5. The molecule has 1 saturated carbocycles. The largest absolute Gasteiger partial charge is 0.384 e. The third kappa shape index (κ3) is 1.23. The van der Waals surface area contributed by atoms with E-state index >= 15 is 0 Å². The predicted molar refractivity (Wildman–Crippen MR) is 67.0 cm³/mol. The van der Waals surface area contributed by atoms with Crippen molar-refractivity contribution in [1.29, 1.82) is 0 Å². The van der Waals surface area contributed by atoms with E-state index in [1.807, 2.05) is 12.1 Å². The van der Waals surface area contributed by atoms with Gasteiger partial charge in [-0.2, -0.15) is 0 Å². The second-order valence-electron chi connectivity index (χ2n) is 5.11. The minimum absolute atomic E-state index is 0.449. The molecule has 4 rings (SSSR count). The standard InChI is InChI=1S/C16H14O/c17-16-12-7-3-1-5-10(12)14-9-15(14)11-6-2-4-8-13(11)16/h1-8,14-17H,9H2. The molecule has 0 spiro atoms. The van der Waals surface area contributed by atoms with Gasteiger partial charge in [0.1, 0.15) is 6.10 Å². The zero-order valence-corrected chi connectivity index (χ0v) is 9.51. The molecule has 2 aliphatic carbocycles. The van der Waals surface area contributed by atoms with Crippen LogP contribution in [0.25, 0.3) is 0 Å². The van der Waals surface area contributed by atoms with Crippen LogP contribution in [0.4, 0.5) is 0 Å². The maximum atomic E-state index is 10.5. The Morgan fingerprint density at radius 2 is 1.12 bits per heavy atom. The highest BCUT2D eigenvalue weighted by molar-refractivity contribution is 5.51. The number of hydrogen-bond donors (Lipinski definition) is 1. The maximum absolute atomic E-state index is 10.5. The van der Waals surface area contributed by atoms with Crippen LogP contribution in [0.15, 0.2) is 48.5 Å². The summed E-state index contributed by atoms with van der Waals surface area (Å²) in [6.07, 6.45) is 0.788. The zero-order chi connectivity index (χ0) is 11.4. The SMILES string of the molecule is OC1c2ccccc2C2CC2c2ccccc21. The molecule has 2 unspecified atom stereocenters. The molecule has 0 radical (unpaired) electrons. The quantitative estimate of drug-likeness (QED) is 0.724. The van der Waals surface area contributed by atoms with Crippen LogP contribution in [-0.2, 0) is 0 Å². The molecule has 2 aliphatic rings. The van der Waals surface area contributed by atoms with E-state index in [1.165, 1.54) is 17.5 Å². The normalized spacial score (nSPS) is 28.6. The smallest absolute Gasteiger partial charge is 0.105 e. The van der Waals surface area contributed by atoms with E-state index in [0.29, 0.717) is 11.8 Å². The fourth-order valence-electron chi connectivity index (χ4n) is 3.25. The highest BCUT2D eigenvalue weighted by atomic mass is 16.3. The average Bonchev–Trinajstić information content (AvgIpc) is 3.18. The summed E-state index contributed by atoms with van der Waals surface area (Å²) in [6, 6.07) is 16.7. The first-order chi connectivity index (χ1) is 8.36. The van der Waals surface area contributed by atoms with Crippen molar-refractivity contribution in [2.24, 2.45) is 0 Å². The van der Waals surface area contributed by atoms with Crippen LogP contribution in [0.5, 0.6) is 0 Å². The highest BCUT2D eigenvalue weighted by Crippen LogP contribution is 2.59. The highest BCUT2D eigenvalue weighted by Gasteiger charge is 2.45. The Morgan fingerprint density at radius 1 is 0.706 bits per heavy atom. The lowest BCUT2D eigenvalue weighted by Gasteiger charge is -2.15. The Labute approximate surface area is 101 Å². The lowest BCUT2D eigenvalue weighted by molar-refractivity contribution is 0.219. The molecule has 0 aliphatic heterocycles. The summed E-state index contributed by atoms with van der Waals surface area (Å²) in [6.45, 7) is 0. The van der Waals surface area contributed by atoms with Crippen LogP contribution in [0, 0.1) is 0 Å². The third-order valence-corrected chi connectivity index (χ3v) is 4.17. The van der Waals surface area contributed by atoms with Gasteiger partial charge in [0.05, 0.1) is 0 Å². The van der Waals surface area contributed by atoms with E-state index in [4.69, 9.17) is 0 Å². The number of benzene rings is 2. The Balaban J connectivity index is 1.99. The summed E-state index contributed by atoms with van der Waals surface area (Å²) in [4.78, 5) is 0. The molecular formula is C16H14O. The Kier molecular flexibility index (Phi) is 1.78. The topological polar surface area (TPSA) is 20.2 Å². The summed E-state index contributed by atoms with van der Waals surface area (Å²) in [5.74, 6) is 1.26. The van der Waals surface area contributed by atoms with E-state index < -0.39 is 6.10 Å². The second kappa shape index (κ2) is 3.21. The van der Waals surface area contributed by atoms with Crippen molar-refractivity contribution in [3.63, 3.8) is 0 Å². The van der Waals surface area contributed by atoms with Crippen molar-refractivity contribution < 1.29 is 5.11 Å². The van der Waals surface area contributed by atoms with E-state index in [-0.39, 0.29) is 0 Å². The van der Waals surface area contributed by atoms with E-state index in [1.54, 1.807) is 0 Å². The van der Waals surface area contributed by atoms with Gasteiger partial charge >= 0.3 is 0 Å². The van der Waals surface area contributed by atoms with Gasteiger partial charge in [0.2, 0.25) is 0 Å². The van der Waals surface area contributed by atoms with Crippen molar-refractivity contribution in [2.45, 2.75) is 24.4 Å². The Bertz CT molecular complexity index is 536. The van der Waals surface area contributed by atoms with Crippen molar-refractivity contribution in [3.05, 3.63) is 70.8 Å². The molecule has 0 amide bonds. The average molecular weight is 222 g/mol. The number of hydrogen-bond acceptors (Lipinski definition) is 1. The molecule has 0 aromatic heterocycles. The first kappa shape index (κ1) is 9.43. The predicted octanol–water partition coefficient (Wildman–Crippen LogP) is 3.35. The summed E-state index contributed by atoms with van der Waals surface area (Å²) in [7, 11) is 0. The molecule has 17 heavy (non-hydrogen) atoms. The molecule has 1 heteroatoms. The summed E-state index contributed by atoms with van der Waals surface area (Å²) in [5.41, 5.74) is 4.90. The summed E-state index contributed by atoms with van der Waals surface area (Å²) >= 11 is 0. The molecule has 2 aromatic carbocycles. The number of aliphatic hydroxyl groups excluding tert-OH is 1. The Hall–Kier alpha value is -1.60. The summed E-state index contributed by atoms with van der Waals surface area (Å²) < 4.78 is 0. The van der Waals surface area contributed by atoms with Gasteiger partial charge in [-0.3, -0.25) is 0 Å². The fourth-order valence-corrected chi connectivity index (χ4v) is 3.25.